The third-order valence-electron chi connectivity index (χ3n) is 3.21. The van der Waals surface area contributed by atoms with Crippen LogP contribution in [0.4, 0.5) is 14.5 Å². The van der Waals surface area contributed by atoms with Crippen LogP contribution in [0.3, 0.4) is 0 Å². The number of ether oxygens (including phenoxy) is 2. The molecular formula is C17H24F2N2O4. The summed E-state index contributed by atoms with van der Waals surface area (Å²) >= 11 is 0. The van der Waals surface area contributed by atoms with Crippen molar-refractivity contribution in [1.82, 2.24) is 5.32 Å². The topological polar surface area (TPSA) is 76.7 Å². The Bertz CT molecular complexity index is 601. The summed E-state index contributed by atoms with van der Waals surface area (Å²) in [6, 6.07) is 4.22. The number of carbonyl (C=O) groups is 2. The molecule has 2 amide bonds. The van der Waals surface area contributed by atoms with Gasteiger partial charge in [-0.3, -0.25) is 9.59 Å². The van der Waals surface area contributed by atoms with Gasteiger partial charge in [-0.25, -0.2) is 0 Å². The molecule has 25 heavy (non-hydrogen) atoms. The number of amides is 2. The van der Waals surface area contributed by atoms with Crippen molar-refractivity contribution in [3.05, 3.63) is 18.2 Å². The molecule has 6 nitrogen and oxygen atoms in total. The Morgan fingerprint density at radius 1 is 1.20 bits per heavy atom. The van der Waals surface area contributed by atoms with Gasteiger partial charge in [-0.05, 0) is 18.6 Å². The molecule has 0 radical (unpaired) electrons. The fourth-order valence-corrected chi connectivity index (χ4v) is 1.88. The third kappa shape index (κ3) is 7.36. The molecule has 0 spiro atoms. The van der Waals surface area contributed by atoms with E-state index in [2.05, 4.69) is 15.4 Å². The number of rotatable bonds is 8. The van der Waals surface area contributed by atoms with Crippen LogP contribution >= 0.6 is 0 Å². The lowest BCUT2D eigenvalue weighted by atomic mass is 9.96. The van der Waals surface area contributed by atoms with Crippen molar-refractivity contribution < 1.29 is 27.8 Å². The van der Waals surface area contributed by atoms with Crippen molar-refractivity contribution in [2.45, 2.75) is 40.2 Å². The molecule has 0 saturated carbocycles. The molecule has 0 aliphatic carbocycles. The largest absolute Gasteiger partial charge is 0.493 e. The number of nitrogens with one attached hydrogen (secondary N) is 2. The average molecular weight is 358 g/mol. The number of alkyl halides is 2. The van der Waals surface area contributed by atoms with Gasteiger partial charge in [-0.15, -0.1) is 0 Å². The average Bonchev–Trinajstić information content (AvgIpc) is 2.50. The lowest BCUT2D eigenvalue weighted by molar-refractivity contribution is -0.128. The Labute approximate surface area is 145 Å². The van der Waals surface area contributed by atoms with E-state index in [1.807, 2.05) is 0 Å². The van der Waals surface area contributed by atoms with Crippen molar-refractivity contribution in [3.8, 4) is 11.5 Å². The number of hydrogen-bond donors (Lipinski definition) is 2. The van der Waals surface area contributed by atoms with Gasteiger partial charge in [0.05, 0.1) is 7.11 Å². The zero-order valence-corrected chi connectivity index (χ0v) is 14.8. The van der Waals surface area contributed by atoms with Gasteiger partial charge in [-0.1, -0.05) is 20.8 Å². The van der Waals surface area contributed by atoms with Crippen LogP contribution < -0.4 is 20.1 Å². The summed E-state index contributed by atoms with van der Waals surface area (Å²) in [5, 5.41) is 5.34. The summed E-state index contributed by atoms with van der Waals surface area (Å²) in [6.45, 7) is 2.80. The maximum Gasteiger partial charge on any atom is 0.387 e. The summed E-state index contributed by atoms with van der Waals surface area (Å²) in [5.74, 6) is -0.397. The third-order valence-corrected chi connectivity index (χ3v) is 3.21. The van der Waals surface area contributed by atoms with Crippen LogP contribution in [0.1, 0.15) is 33.6 Å². The van der Waals surface area contributed by atoms with Gasteiger partial charge in [0.1, 0.15) is 0 Å². The summed E-state index contributed by atoms with van der Waals surface area (Å²) in [4.78, 5) is 23.6. The minimum absolute atomic E-state index is 0.0862. The Morgan fingerprint density at radius 2 is 1.88 bits per heavy atom. The second-order valence-electron chi connectivity index (χ2n) is 6.40. The van der Waals surface area contributed by atoms with E-state index in [0.29, 0.717) is 18.7 Å². The minimum atomic E-state index is -2.99. The van der Waals surface area contributed by atoms with Crippen molar-refractivity contribution in [2.24, 2.45) is 5.41 Å². The van der Waals surface area contributed by atoms with Gasteiger partial charge in [0.2, 0.25) is 11.8 Å². The smallest absolute Gasteiger partial charge is 0.387 e. The van der Waals surface area contributed by atoms with Crippen molar-refractivity contribution in [3.63, 3.8) is 0 Å². The number of benzene rings is 1. The van der Waals surface area contributed by atoms with Gasteiger partial charge in [-0.2, -0.15) is 8.78 Å². The summed E-state index contributed by atoms with van der Waals surface area (Å²) in [6.07, 6.45) is 0.645. The van der Waals surface area contributed by atoms with E-state index in [1.54, 1.807) is 20.8 Å². The van der Waals surface area contributed by atoms with E-state index in [9.17, 15) is 18.4 Å². The first-order valence-electron chi connectivity index (χ1n) is 7.84. The molecular weight excluding hydrogens is 334 g/mol. The summed E-state index contributed by atoms with van der Waals surface area (Å²) in [5.41, 5.74) is -0.160. The highest BCUT2D eigenvalue weighted by Crippen LogP contribution is 2.31. The molecule has 2 N–H and O–H groups in total. The maximum absolute atomic E-state index is 12.4. The monoisotopic (exact) mass is 358 g/mol. The Morgan fingerprint density at radius 3 is 2.44 bits per heavy atom. The fourth-order valence-electron chi connectivity index (χ4n) is 1.88. The Hall–Kier alpha value is -2.38. The van der Waals surface area contributed by atoms with Crippen LogP contribution in [0.5, 0.6) is 11.5 Å². The first-order chi connectivity index (χ1) is 11.6. The molecule has 140 valence electrons. The van der Waals surface area contributed by atoms with Gasteiger partial charge in [0, 0.05) is 30.1 Å². The molecule has 0 aromatic heterocycles. The molecule has 0 saturated heterocycles. The lowest BCUT2D eigenvalue weighted by Crippen LogP contribution is -2.35. The van der Waals surface area contributed by atoms with E-state index in [0.717, 1.165) is 0 Å². The second kappa shape index (κ2) is 9.19. The normalized spacial score (nSPS) is 11.2. The summed E-state index contributed by atoms with van der Waals surface area (Å²) in [7, 11) is 1.33. The highest BCUT2D eigenvalue weighted by Gasteiger charge is 2.20. The predicted molar refractivity (Wildman–Crippen MR) is 90.0 cm³/mol. The van der Waals surface area contributed by atoms with E-state index in [-0.39, 0.29) is 29.7 Å². The molecule has 0 fully saturated rings. The zero-order chi connectivity index (χ0) is 19.0. The molecule has 0 bridgehead atoms. The number of anilines is 1. The van der Waals surface area contributed by atoms with Crippen LogP contribution in [0.25, 0.3) is 0 Å². The number of hydrogen-bond acceptors (Lipinski definition) is 4. The van der Waals surface area contributed by atoms with E-state index < -0.39 is 12.0 Å². The minimum Gasteiger partial charge on any atom is -0.493 e. The fraction of sp³-hybridized carbons (Fsp3) is 0.529. The highest BCUT2D eigenvalue weighted by atomic mass is 19.3. The standard InChI is InChI=1S/C17H24F2N2O4/c1-17(2,3)15(23)20-9-5-6-14(22)21-11-7-8-12(24-4)13(10-11)25-16(18)19/h7-8,10,16H,5-6,9H2,1-4H3,(H,20,23)(H,21,22). The molecule has 0 atom stereocenters. The predicted octanol–water partition coefficient (Wildman–Crippen LogP) is 3.18. The van der Waals surface area contributed by atoms with Crippen LogP contribution in [-0.2, 0) is 9.59 Å². The van der Waals surface area contributed by atoms with Crippen molar-refractivity contribution in [2.75, 3.05) is 19.0 Å². The first kappa shape index (κ1) is 20.7. The maximum atomic E-state index is 12.4. The first-order valence-corrected chi connectivity index (χ1v) is 7.84. The van der Waals surface area contributed by atoms with Gasteiger partial charge >= 0.3 is 6.61 Å². The van der Waals surface area contributed by atoms with Crippen molar-refractivity contribution in [1.29, 1.82) is 0 Å². The van der Waals surface area contributed by atoms with E-state index in [1.165, 1.54) is 25.3 Å². The van der Waals surface area contributed by atoms with E-state index in [4.69, 9.17) is 4.74 Å². The highest BCUT2D eigenvalue weighted by molar-refractivity contribution is 5.91. The SMILES string of the molecule is COc1ccc(NC(=O)CCCNC(=O)C(C)(C)C)cc1OC(F)F. The lowest BCUT2D eigenvalue weighted by Gasteiger charge is -2.17. The number of carbonyl (C=O) groups excluding carboxylic acids is 2. The number of methoxy groups -OCH3 is 1. The molecule has 1 aromatic rings. The molecule has 0 heterocycles. The molecule has 0 aliphatic rings. The van der Waals surface area contributed by atoms with Gasteiger partial charge in [0.25, 0.3) is 0 Å². The van der Waals surface area contributed by atoms with Crippen LogP contribution in [0, 0.1) is 5.41 Å². The Balaban J connectivity index is 2.50. The van der Waals surface area contributed by atoms with Crippen molar-refractivity contribution >= 4 is 17.5 Å². The number of halogens is 2. The van der Waals surface area contributed by atoms with Gasteiger partial charge < -0.3 is 20.1 Å². The summed E-state index contributed by atoms with van der Waals surface area (Å²) < 4.78 is 34.1. The van der Waals surface area contributed by atoms with Crippen LogP contribution in [-0.4, -0.2) is 32.1 Å². The molecule has 1 aromatic carbocycles. The van der Waals surface area contributed by atoms with E-state index >= 15 is 0 Å². The quantitative estimate of drug-likeness (QED) is 0.700. The molecule has 1 rings (SSSR count). The second-order valence-corrected chi connectivity index (χ2v) is 6.40. The molecule has 0 aliphatic heterocycles. The molecule has 0 unspecified atom stereocenters. The van der Waals surface area contributed by atoms with Crippen LogP contribution in [0.15, 0.2) is 18.2 Å². The van der Waals surface area contributed by atoms with Gasteiger partial charge in [0.15, 0.2) is 11.5 Å². The zero-order valence-electron chi connectivity index (χ0n) is 14.8. The van der Waals surface area contributed by atoms with Crippen LogP contribution in [0.2, 0.25) is 0 Å². The molecule has 8 heteroatoms. The Kier molecular flexibility index (Phi) is 7.60.